The van der Waals surface area contributed by atoms with Gasteiger partial charge in [0.05, 0.1) is 13.2 Å². The highest BCUT2D eigenvalue weighted by atomic mass is 79.9. The van der Waals surface area contributed by atoms with Crippen LogP contribution in [-0.2, 0) is 17.7 Å². The first-order valence-corrected chi connectivity index (χ1v) is 8.95. The van der Waals surface area contributed by atoms with E-state index in [0.717, 1.165) is 34.3 Å². The van der Waals surface area contributed by atoms with Gasteiger partial charge in [0.15, 0.2) is 5.69 Å². The minimum absolute atomic E-state index is 0.0144. The number of rotatable bonds is 2. The highest BCUT2D eigenvalue weighted by molar-refractivity contribution is 9.10. The highest BCUT2D eigenvalue weighted by Gasteiger charge is 2.30. The second-order valence-corrected chi connectivity index (χ2v) is 7.04. The van der Waals surface area contributed by atoms with Crippen molar-refractivity contribution in [1.29, 1.82) is 0 Å². The van der Waals surface area contributed by atoms with E-state index in [0.29, 0.717) is 31.9 Å². The quantitative estimate of drug-likeness (QED) is 0.822. The molecule has 3 heterocycles. The monoisotopic (exact) mass is 390 g/mol. The van der Waals surface area contributed by atoms with Gasteiger partial charge < -0.3 is 15.0 Å². The highest BCUT2D eigenvalue weighted by Crippen LogP contribution is 2.26. The summed E-state index contributed by atoms with van der Waals surface area (Å²) in [5, 5.41) is 10.6. The molecule has 6 nitrogen and oxygen atoms in total. The van der Waals surface area contributed by atoms with E-state index in [2.05, 4.69) is 31.4 Å². The van der Waals surface area contributed by atoms with Crippen molar-refractivity contribution < 1.29 is 9.53 Å². The van der Waals surface area contributed by atoms with Crippen molar-refractivity contribution in [1.82, 2.24) is 20.4 Å². The van der Waals surface area contributed by atoms with Gasteiger partial charge in [-0.1, -0.05) is 28.1 Å². The van der Waals surface area contributed by atoms with Crippen molar-refractivity contribution in [2.75, 3.05) is 26.2 Å². The van der Waals surface area contributed by atoms with E-state index in [1.54, 1.807) is 0 Å². The van der Waals surface area contributed by atoms with Gasteiger partial charge in [-0.2, -0.15) is 5.10 Å². The van der Waals surface area contributed by atoms with Crippen molar-refractivity contribution in [3.05, 3.63) is 51.3 Å². The summed E-state index contributed by atoms with van der Waals surface area (Å²) in [4.78, 5) is 14.8. The van der Waals surface area contributed by atoms with Gasteiger partial charge in [-0.3, -0.25) is 9.89 Å². The smallest absolute Gasteiger partial charge is 0.274 e. The average Bonchev–Trinajstić information content (AvgIpc) is 3.05. The Labute approximate surface area is 148 Å². The van der Waals surface area contributed by atoms with Crippen LogP contribution in [0.5, 0.6) is 0 Å². The topological polar surface area (TPSA) is 70.2 Å². The van der Waals surface area contributed by atoms with Crippen LogP contribution in [0.15, 0.2) is 28.7 Å². The number of H-pyrrole nitrogens is 1. The fraction of sp³-hybridized carbons (Fsp3) is 0.412. The zero-order valence-corrected chi connectivity index (χ0v) is 14.8. The molecule has 0 bridgehead atoms. The van der Waals surface area contributed by atoms with Gasteiger partial charge in [0.2, 0.25) is 0 Å². The summed E-state index contributed by atoms with van der Waals surface area (Å²) in [6, 6.07) is 8.04. The zero-order chi connectivity index (χ0) is 16.5. The number of carbonyl (C=O) groups is 1. The predicted molar refractivity (Wildman–Crippen MR) is 92.7 cm³/mol. The van der Waals surface area contributed by atoms with E-state index in [9.17, 15) is 4.79 Å². The summed E-state index contributed by atoms with van der Waals surface area (Å²) in [5.41, 5.74) is 3.71. The molecule has 2 aliphatic rings. The molecule has 2 aliphatic heterocycles. The third-order valence-electron chi connectivity index (χ3n) is 4.58. The fourth-order valence-electron chi connectivity index (χ4n) is 3.29. The minimum atomic E-state index is -0.104. The van der Waals surface area contributed by atoms with E-state index in [4.69, 9.17) is 4.74 Å². The second-order valence-electron chi connectivity index (χ2n) is 6.12. The molecule has 0 saturated carbocycles. The maximum atomic E-state index is 12.9. The molecule has 1 atom stereocenters. The maximum absolute atomic E-state index is 12.9. The lowest BCUT2D eigenvalue weighted by molar-refractivity contribution is -0.0230. The van der Waals surface area contributed by atoms with Gasteiger partial charge in [-0.25, -0.2) is 0 Å². The molecule has 7 heteroatoms. The van der Waals surface area contributed by atoms with E-state index < -0.39 is 0 Å². The minimum Gasteiger partial charge on any atom is -0.370 e. The van der Waals surface area contributed by atoms with Crippen molar-refractivity contribution in [3.63, 3.8) is 0 Å². The van der Waals surface area contributed by atoms with Crippen molar-refractivity contribution in [2.45, 2.75) is 19.1 Å². The Morgan fingerprint density at radius 1 is 1.42 bits per heavy atom. The number of aromatic amines is 1. The van der Waals surface area contributed by atoms with Gasteiger partial charge in [-0.15, -0.1) is 0 Å². The molecule has 1 aromatic carbocycles. The Morgan fingerprint density at radius 3 is 3.21 bits per heavy atom. The van der Waals surface area contributed by atoms with Crippen LogP contribution < -0.4 is 5.32 Å². The molecule has 1 unspecified atom stereocenters. The summed E-state index contributed by atoms with van der Waals surface area (Å²) >= 11 is 3.49. The number of halogens is 1. The SMILES string of the molecule is O=C(c1n[nH]c2c1CNCC2)N1CCOC(c2cccc(Br)c2)C1. The van der Waals surface area contributed by atoms with Crippen LogP contribution in [0.4, 0.5) is 0 Å². The number of hydrogen-bond donors (Lipinski definition) is 2. The Bertz CT molecular complexity index is 761. The number of aromatic nitrogens is 2. The third kappa shape index (κ3) is 2.99. The lowest BCUT2D eigenvalue weighted by atomic mass is 10.0. The van der Waals surface area contributed by atoms with E-state index in [1.165, 1.54) is 0 Å². The Morgan fingerprint density at radius 2 is 2.33 bits per heavy atom. The molecule has 2 N–H and O–H groups in total. The molecule has 1 aromatic heterocycles. The number of nitrogens with one attached hydrogen (secondary N) is 2. The molecular formula is C17H19BrN4O2. The summed E-state index contributed by atoms with van der Waals surface area (Å²) in [7, 11) is 0. The van der Waals surface area contributed by atoms with Crippen molar-refractivity contribution in [2.24, 2.45) is 0 Å². The standard InChI is InChI=1S/C17H19BrN4O2/c18-12-3-1-2-11(8-12)15-10-22(6-7-24-15)17(23)16-13-9-19-5-4-14(13)20-21-16/h1-3,8,15,19H,4-7,9-10H2,(H,20,21). The average molecular weight is 391 g/mol. The number of morpholine rings is 1. The Balaban J connectivity index is 1.54. The van der Waals surface area contributed by atoms with Crippen LogP contribution in [0, 0.1) is 0 Å². The van der Waals surface area contributed by atoms with Gasteiger partial charge >= 0.3 is 0 Å². The molecule has 0 radical (unpaired) electrons. The van der Waals surface area contributed by atoms with Gasteiger partial charge in [-0.05, 0) is 17.7 Å². The van der Waals surface area contributed by atoms with Gasteiger partial charge in [0, 0.05) is 41.8 Å². The Hall–Kier alpha value is -1.70. The Kier molecular flexibility index (Phi) is 4.39. The molecule has 24 heavy (non-hydrogen) atoms. The maximum Gasteiger partial charge on any atom is 0.274 e. The number of nitrogens with zero attached hydrogens (tertiary/aromatic N) is 2. The number of carbonyl (C=O) groups excluding carboxylic acids is 1. The van der Waals surface area contributed by atoms with Gasteiger partial charge in [0.1, 0.15) is 6.10 Å². The number of ether oxygens (including phenoxy) is 1. The number of fused-ring (bicyclic) bond motifs is 1. The summed E-state index contributed by atoms with van der Waals surface area (Å²) < 4.78 is 6.89. The van der Waals surface area contributed by atoms with Crippen LogP contribution in [-0.4, -0.2) is 47.2 Å². The first-order chi connectivity index (χ1) is 11.7. The van der Waals surface area contributed by atoms with Crippen LogP contribution in [0.25, 0.3) is 0 Å². The van der Waals surface area contributed by atoms with Crippen LogP contribution in [0.3, 0.4) is 0 Å². The molecule has 4 rings (SSSR count). The molecule has 1 amide bonds. The molecule has 2 aromatic rings. The number of benzene rings is 1. The number of amides is 1. The zero-order valence-electron chi connectivity index (χ0n) is 13.2. The fourth-order valence-corrected chi connectivity index (χ4v) is 3.71. The molecule has 1 fully saturated rings. The van der Waals surface area contributed by atoms with Crippen molar-refractivity contribution >= 4 is 21.8 Å². The van der Waals surface area contributed by atoms with Crippen molar-refractivity contribution in [3.8, 4) is 0 Å². The lowest BCUT2D eigenvalue weighted by Crippen LogP contribution is -2.43. The molecular weight excluding hydrogens is 372 g/mol. The summed E-state index contributed by atoms with van der Waals surface area (Å²) in [5.74, 6) is -0.0144. The number of hydrogen-bond acceptors (Lipinski definition) is 4. The van der Waals surface area contributed by atoms with E-state index >= 15 is 0 Å². The second kappa shape index (κ2) is 6.66. The lowest BCUT2D eigenvalue weighted by Gasteiger charge is -2.33. The van der Waals surface area contributed by atoms with Crippen LogP contribution in [0.2, 0.25) is 0 Å². The van der Waals surface area contributed by atoms with E-state index in [-0.39, 0.29) is 12.0 Å². The molecule has 1 saturated heterocycles. The molecule has 126 valence electrons. The molecule has 0 spiro atoms. The van der Waals surface area contributed by atoms with Crippen LogP contribution >= 0.6 is 15.9 Å². The first kappa shape index (κ1) is 15.8. The summed E-state index contributed by atoms with van der Waals surface area (Å²) in [6.07, 6.45) is 0.785. The third-order valence-corrected chi connectivity index (χ3v) is 5.08. The largest absolute Gasteiger partial charge is 0.370 e. The van der Waals surface area contributed by atoms with E-state index in [1.807, 2.05) is 29.2 Å². The van der Waals surface area contributed by atoms with Crippen LogP contribution in [0.1, 0.15) is 33.4 Å². The predicted octanol–water partition coefficient (Wildman–Crippen LogP) is 2.03. The van der Waals surface area contributed by atoms with Gasteiger partial charge in [0.25, 0.3) is 5.91 Å². The molecule has 0 aliphatic carbocycles. The first-order valence-electron chi connectivity index (χ1n) is 8.15. The summed E-state index contributed by atoms with van der Waals surface area (Å²) in [6.45, 7) is 3.30. The normalized spacial score (nSPS) is 20.7.